The summed E-state index contributed by atoms with van der Waals surface area (Å²) in [5, 5.41) is 3.20. The van der Waals surface area contributed by atoms with Gasteiger partial charge in [0.05, 0.1) is 0 Å². The van der Waals surface area contributed by atoms with Crippen LogP contribution in [0.5, 0.6) is 0 Å². The van der Waals surface area contributed by atoms with Crippen molar-refractivity contribution in [3.8, 4) is 0 Å². The lowest BCUT2D eigenvalue weighted by atomic mass is 10.1. The normalized spacial score (nSPS) is 15.4. The number of nitrogens with one attached hydrogen (secondary N) is 1. The predicted molar refractivity (Wildman–Crippen MR) is 75.0 cm³/mol. The third kappa shape index (κ3) is 4.13. The molecule has 0 heterocycles. The molecule has 1 aliphatic carbocycles. The third-order valence-corrected chi connectivity index (χ3v) is 3.45. The summed E-state index contributed by atoms with van der Waals surface area (Å²) >= 11 is 0. The Hall–Kier alpha value is -1.23. The minimum Gasteiger partial charge on any atom is -0.359 e. The lowest BCUT2D eigenvalue weighted by molar-refractivity contribution is -0.120. The maximum atomic E-state index is 12.8. The predicted octanol–water partition coefficient (Wildman–Crippen LogP) is 3.64. The molecule has 112 valence electrons. The minimum atomic E-state index is -4.16. The van der Waals surface area contributed by atoms with E-state index >= 15 is 0 Å². The first kappa shape index (κ1) is 15.2. The van der Waals surface area contributed by atoms with Crippen molar-refractivity contribution in [1.29, 1.82) is 0 Å². The van der Waals surface area contributed by atoms with Crippen LogP contribution < -0.4 is 10.2 Å². The van der Waals surface area contributed by atoms with E-state index in [2.05, 4.69) is 5.32 Å². The highest BCUT2D eigenvalue weighted by Crippen LogP contribution is 2.36. The quantitative estimate of drug-likeness (QED) is 0.859. The van der Waals surface area contributed by atoms with E-state index in [1.165, 1.54) is 4.90 Å². The molecule has 0 amide bonds. The first-order valence-electron chi connectivity index (χ1n) is 7.04. The molecule has 5 heteroatoms. The SMILES string of the molecule is CCNCc1cc(C)ccc1N(CC(F)(F)F)C1CC1. The van der Waals surface area contributed by atoms with Crippen LogP contribution in [0.1, 0.15) is 30.9 Å². The Morgan fingerprint density at radius 3 is 2.55 bits per heavy atom. The Kier molecular flexibility index (Phi) is 4.58. The number of anilines is 1. The van der Waals surface area contributed by atoms with E-state index in [9.17, 15) is 13.2 Å². The molecular weight excluding hydrogens is 265 g/mol. The van der Waals surface area contributed by atoms with Crippen molar-refractivity contribution >= 4 is 5.69 Å². The Morgan fingerprint density at radius 2 is 2.00 bits per heavy atom. The van der Waals surface area contributed by atoms with Gasteiger partial charge in [0.25, 0.3) is 0 Å². The van der Waals surface area contributed by atoms with Gasteiger partial charge in [0.15, 0.2) is 0 Å². The fourth-order valence-electron chi connectivity index (χ4n) is 2.39. The molecule has 1 fully saturated rings. The molecule has 0 aliphatic heterocycles. The van der Waals surface area contributed by atoms with Crippen LogP contribution in [0.3, 0.4) is 0 Å². The summed E-state index contributed by atoms with van der Waals surface area (Å²) in [4.78, 5) is 1.52. The average Bonchev–Trinajstić information content (AvgIpc) is 3.17. The van der Waals surface area contributed by atoms with Gasteiger partial charge in [-0.1, -0.05) is 24.6 Å². The van der Waals surface area contributed by atoms with Gasteiger partial charge in [-0.2, -0.15) is 13.2 Å². The van der Waals surface area contributed by atoms with Gasteiger partial charge in [-0.25, -0.2) is 0 Å². The van der Waals surface area contributed by atoms with Gasteiger partial charge in [-0.3, -0.25) is 0 Å². The molecule has 0 saturated heterocycles. The maximum absolute atomic E-state index is 12.8. The zero-order valence-corrected chi connectivity index (χ0v) is 11.9. The molecule has 1 aliphatic rings. The first-order chi connectivity index (χ1) is 9.40. The smallest absolute Gasteiger partial charge is 0.359 e. The van der Waals surface area contributed by atoms with Crippen molar-refractivity contribution in [3.63, 3.8) is 0 Å². The minimum absolute atomic E-state index is 0.0414. The van der Waals surface area contributed by atoms with E-state index in [4.69, 9.17) is 0 Å². The second kappa shape index (κ2) is 6.04. The second-order valence-electron chi connectivity index (χ2n) is 5.39. The number of hydrogen-bond acceptors (Lipinski definition) is 2. The van der Waals surface area contributed by atoms with Crippen molar-refractivity contribution in [2.24, 2.45) is 0 Å². The monoisotopic (exact) mass is 286 g/mol. The highest BCUT2D eigenvalue weighted by molar-refractivity contribution is 5.56. The highest BCUT2D eigenvalue weighted by Gasteiger charge is 2.38. The molecule has 1 aromatic carbocycles. The van der Waals surface area contributed by atoms with Crippen LogP contribution in [0.15, 0.2) is 18.2 Å². The summed E-state index contributed by atoms with van der Waals surface area (Å²) in [5.74, 6) is 0. The molecule has 2 nitrogen and oxygen atoms in total. The number of nitrogens with zero attached hydrogens (tertiary/aromatic N) is 1. The summed E-state index contributed by atoms with van der Waals surface area (Å²) in [6.45, 7) is 4.50. The molecule has 0 aromatic heterocycles. The van der Waals surface area contributed by atoms with Crippen LogP contribution in [0.4, 0.5) is 18.9 Å². The van der Waals surface area contributed by atoms with Crippen LogP contribution in [-0.2, 0) is 6.54 Å². The van der Waals surface area contributed by atoms with Gasteiger partial charge >= 0.3 is 6.18 Å². The molecule has 0 bridgehead atoms. The van der Waals surface area contributed by atoms with E-state index in [1.54, 1.807) is 0 Å². The van der Waals surface area contributed by atoms with Crippen molar-refractivity contribution in [2.45, 2.75) is 45.5 Å². The van der Waals surface area contributed by atoms with Crippen LogP contribution in [-0.4, -0.2) is 25.3 Å². The zero-order valence-electron chi connectivity index (χ0n) is 11.9. The number of rotatable bonds is 6. The van der Waals surface area contributed by atoms with Crippen LogP contribution in [0, 0.1) is 6.92 Å². The van der Waals surface area contributed by atoms with E-state index < -0.39 is 12.7 Å². The average molecular weight is 286 g/mol. The van der Waals surface area contributed by atoms with E-state index in [-0.39, 0.29) is 6.04 Å². The molecule has 0 radical (unpaired) electrons. The molecule has 0 unspecified atom stereocenters. The largest absolute Gasteiger partial charge is 0.405 e. The summed E-state index contributed by atoms with van der Waals surface area (Å²) in [5.41, 5.74) is 2.74. The van der Waals surface area contributed by atoms with Gasteiger partial charge in [0.1, 0.15) is 6.54 Å². The lowest BCUT2D eigenvalue weighted by Crippen LogP contribution is -2.36. The fourth-order valence-corrected chi connectivity index (χ4v) is 2.39. The van der Waals surface area contributed by atoms with Gasteiger partial charge in [-0.15, -0.1) is 0 Å². The molecule has 2 rings (SSSR count). The van der Waals surface area contributed by atoms with E-state index in [1.807, 2.05) is 32.0 Å². The van der Waals surface area contributed by atoms with E-state index in [0.29, 0.717) is 6.54 Å². The maximum Gasteiger partial charge on any atom is 0.405 e. The highest BCUT2D eigenvalue weighted by atomic mass is 19.4. The molecule has 1 saturated carbocycles. The number of halogens is 3. The molecule has 0 spiro atoms. The summed E-state index contributed by atoms with van der Waals surface area (Å²) in [7, 11) is 0. The first-order valence-corrected chi connectivity index (χ1v) is 7.04. The number of hydrogen-bond donors (Lipinski definition) is 1. The lowest BCUT2D eigenvalue weighted by Gasteiger charge is -2.28. The molecule has 20 heavy (non-hydrogen) atoms. The molecule has 1 aromatic rings. The summed E-state index contributed by atoms with van der Waals surface area (Å²) in [6, 6.07) is 5.73. The number of benzene rings is 1. The Labute approximate surface area is 118 Å². The standard InChI is InChI=1S/C15H21F3N2/c1-3-19-9-12-8-11(2)4-7-14(12)20(13-5-6-13)10-15(16,17)18/h4,7-8,13,19H,3,5-6,9-10H2,1-2H3. The van der Waals surface area contributed by atoms with Gasteiger partial charge < -0.3 is 10.2 Å². The number of alkyl halides is 3. The second-order valence-corrected chi connectivity index (χ2v) is 5.39. The third-order valence-electron chi connectivity index (χ3n) is 3.45. The van der Waals surface area contributed by atoms with Crippen molar-refractivity contribution in [3.05, 3.63) is 29.3 Å². The number of aryl methyl sites for hydroxylation is 1. The Morgan fingerprint density at radius 1 is 1.30 bits per heavy atom. The molecule has 1 N–H and O–H groups in total. The van der Waals surface area contributed by atoms with Gasteiger partial charge in [0.2, 0.25) is 0 Å². The molecule has 0 atom stereocenters. The van der Waals surface area contributed by atoms with Crippen molar-refractivity contribution in [2.75, 3.05) is 18.0 Å². The van der Waals surface area contributed by atoms with Gasteiger partial charge in [-0.05, 0) is 37.9 Å². The molecular formula is C15H21F3N2. The van der Waals surface area contributed by atoms with E-state index in [0.717, 1.165) is 36.2 Å². The zero-order chi connectivity index (χ0) is 14.8. The summed E-state index contributed by atoms with van der Waals surface area (Å²) in [6.07, 6.45) is -2.46. The Bertz CT molecular complexity index is 453. The van der Waals surface area contributed by atoms with Crippen molar-refractivity contribution in [1.82, 2.24) is 5.32 Å². The van der Waals surface area contributed by atoms with Crippen LogP contribution >= 0.6 is 0 Å². The van der Waals surface area contributed by atoms with Crippen LogP contribution in [0.25, 0.3) is 0 Å². The van der Waals surface area contributed by atoms with Crippen molar-refractivity contribution < 1.29 is 13.2 Å². The summed E-state index contributed by atoms with van der Waals surface area (Å²) < 4.78 is 38.4. The van der Waals surface area contributed by atoms with Crippen LogP contribution in [0.2, 0.25) is 0 Å². The topological polar surface area (TPSA) is 15.3 Å². The fraction of sp³-hybridized carbons (Fsp3) is 0.600. The Balaban J connectivity index is 2.27. The van der Waals surface area contributed by atoms with Gasteiger partial charge in [0, 0.05) is 18.3 Å².